The van der Waals surface area contributed by atoms with E-state index < -0.39 is 0 Å². The van der Waals surface area contributed by atoms with Crippen molar-refractivity contribution >= 4 is 11.7 Å². The van der Waals surface area contributed by atoms with Crippen molar-refractivity contribution in [2.24, 2.45) is 0 Å². The summed E-state index contributed by atoms with van der Waals surface area (Å²) in [6.45, 7) is 2.87. The Labute approximate surface area is 95.4 Å². The Morgan fingerprint density at radius 1 is 1.56 bits per heavy atom. The summed E-state index contributed by atoms with van der Waals surface area (Å²) in [6.07, 6.45) is 0. The zero-order valence-corrected chi connectivity index (χ0v) is 9.86. The van der Waals surface area contributed by atoms with Gasteiger partial charge in [-0.05, 0) is 13.0 Å². The normalized spacial score (nSPS) is 9.69. The van der Waals surface area contributed by atoms with Crippen molar-refractivity contribution < 1.29 is 9.53 Å². The summed E-state index contributed by atoms with van der Waals surface area (Å²) >= 11 is 0. The zero-order chi connectivity index (χ0) is 12.0. The van der Waals surface area contributed by atoms with E-state index in [0.29, 0.717) is 18.2 Å². The molecule has 0 saturated heterocycles. The van der Waals surface area contributed by atoms with Gasteiger partial charge in [-0.25, -0.2) is 0 Å². The molecule has 0 aromatic carbocycles. The smallest absolute Gasteiger partial charge is 0.241 e. The Morgan fingerprint density at radius 3 is 2.94 bits per heavy atom. The van der Waals surface area contributed by atoms with Gasteiger partial charge in [0.2, 0.25) is 11.8 Å². The highest BCUT2D eigenvalue weighted by atomic mass is 16.5. The third kappa shape index (κ3) is 3.42. The molecule has 0 fully saturated rings. The van der Waals surface area contributed by atoms with Crippen LogP contribution >= 0.6 is 0 Å². The van der Waals surface area contributed by atoms with Gasteiger partial charge in [0, 0.05) is 19.7 Å². The second kappa shape index (κ2) is 5.95. The highest BCUT2D eigenvalue weighted by molar-refractivity contribution is 5.80. The summed E-state index contributed by atoms with van der Waals surface area (Å²) in [5.74, 6) is 1.20. The van der Waals surface area contributed by atoms with E-state index in [1.165, 1.54) is 0 Å². The number of ether oxygens (including phenoxy) is 1. The van der Waals surface area contributed by atoms with Crippen LogP contribution in [-0.2, 0) is 4.79 Å². The highest BCUT2D eigenvalue weighted by Gasteiger charge is 2.06. The number of amides is 1. The van der Waals surface area contributed by atoms with Crippen LogP contribution in [0.2, 0.25) is 0 Å². The summed E-state index contributed by atoms with van der Waals surface area (Å²) in [5, 5.41) is 2.95. The Hall–Kier alpha value is -1.78. The van der Waals surface area contributed by atoms with Gasteiger partial charge in [0.15, 0.2) is 0 Å². The fraction of sp³-hybridized carbons (Fsp3) is 0.455. The first kappa shape index (κ1) is 12.3. The van der Waals surface area contributed by atoms with Gasteiger partial charge >= 0.3 is 0 Å². The van der Waals surface area contributed by atoms with Crippen LogP contribution in [0.1, 0.15) is 6.92 Å². The molecule has 1 amide bonds. The maximum atomic E-state index is 11.5. The summed E-state index contributed by atoms with van der Waals surface area (Å²) in [4.78, 5) is 17.3. The number of anilines is 1. The number of nitrogens with zero attached hydrogens (tertiary/aromatic N) is 2. The van der Waals surface area contributed by atoms with Crippen LogP contribution in [0.3, 0.4) is 0 Å². The van der Waals surface area contributed by atoms with Gasteiger partial charge < -0.3 is 15.0 Å². The molecule has 1 rings (SSSR count). The van der Waals surface area contributed by atoms with Crippen molar-refractivity contribution in [1.82, 2.24) is 9.88 Å². The standard InChI is InChI=1S/C11H17N3O2/c1-4-14(2)11(15)8-12-9-6-5-7-10(13-9)16-3/h5-7H,4,8H2,1-3H3,(H,12,13). The molecule has 0 aliphatic heterocycles. The SMILES string of the molecule is CCN(C)C(=O)CNc1cccc(OC)n1. The Kier molecular flexibility index (Phi) is 4.57. The van der Waals surface area contributed by atoms with E-state index in [1.807, 2.05) is 13.0 Å². The minimum absolute atomic E-state index is 0.0344. The maximum absolute atomic E-state index is 11.5. The van der Waals surface area contributed by atoms with Gasteiger partial charge in [0.05, 0.1) is 13.7 Å². The largest absolute Gasteiger partial charge is 0.481 e. The monoisotopic (exact) mass is 223 g/mol. The Morgan fingerprint density at radius 2 is 2.31 bits per heavy atom. The number of carbonyl (C=O) groups excluding carboxylic acids is 1. The Bertz CT molecular complexity index is 355. The number of methoxy groups -OCH3 is 1. The average molecular weight is 223 g/mol. The molecule has 1 heterocycles. The molecule has 0 radical (unpaired) electrons. The van der Waals surface area contributed by atoms with Crippen molar-refractivity contribution in [3.8, 4) is 5.88 Å². The van der Waals surface area contributed by atoms with Crippen LogP contribution < -0.4 is 10.1 Å². The van der Waals surface area contributed by atoms with E-state index >= 15 is 0 Å². The lowest BCUT2D eigenvalue weighted by atomic mass is 10.4. The van der Waals surface area contributed by atoms with E-state index in [-0.39, 0.29) is 12.5 Å². The predicted molar refractivity (Wildman–Crippen MR) is 62.6 cm³/mol. The van der Waals surface area contributed by atoms with Crippen LogP contribution in [0.15, 0.2) is 18.2 Å². The molecule has 5 heteroatoms. The third-order valence-electron chi connectivity index (χ3n) is 2.25. The summed E-state index contributed by atoms with van der Waals surface area (Å²) < 4.78 is 4.98. The minimum atomic E-state index is 0.0344. The first-order valence-electron chi connectivity index (χ1n) is 5.16. The number of nitrogens with one attached hydrogen (secondary N) is 1. The first-order valence-corrected chi connectivity index (χ1v) is 5.16. The van der Waals surface area contributed by atoms with E-state index in [9.17, 15) is 4.79 Å². The molecule has 0 aliphatic carbocycles. The van der Waals surface area contributed by atoms with E-state index in [4.69, 9.17) is 4.74 Å². The van der Waals surface area contributed by atoms with Crippen molar-refractivity contribution in [2.45, 2.75) is 6.92 Å². The van der Waals surface area contributed by atoms with Crippen LogP contribution in [0.25, 0.3) is 0 Å². The second-order valence-electron chi connectivity index (χ2n) is 3.33. The number of aromatic nitrogens is 1. The van der Waals surface area contributed by atoms with Crippen molar-refractivity contribution in [1.29, 1.82) is 0 Å². The third-order valence-corrected chi connectivity index (χ3v) is 2.25. The fourth-order valence-electron chi connectivity index (χ4n) is 1.10. The Balaban J connectivity index is 2.51. The topological polar surface area (TPSA) is 54.5 Å². The van der Waals surface area contributed by atoms with Crippen molar-refractivity contribution in [3.63, 3.8) is 0 Å². The van der Waals surface area contributed by atoms with E-state index in [2.05, 4.69) is 10.3 Å². The fourth-order valence-corrected chi connectivity index (χ4v) is 1.10. The number of carbonyl (C=O) groups is 1. The number of hydrogen-bond donors (Lipinski definition) is 1. The molecule has 1 aromatic heterocycles. The number of likely N-dealkylation sites (N-methyl/N-ethyl adjacent to an activating group) is 1. The maximum Gasteiger partial charge on any atom is 0.241 e. The summed E-state index contributed by atoms with van der Waals surface area (Å²) in [6, 6.07) is 5.37. The molecule has 0 atom stereocenters. The lowest BCUT2D eigenvalue weighted by Gasteiger charge is -2.15. The molecule has 0 saturated carbocycles. The van der Waals surface area contributed by atoms with Gasteiger partial charge in [0.25, 0.3) is 0 Å². The van der Waals surface area contributed by atoms with Gasteiger partial charge in [0.1, 0.15) is 5.82 Å². The molecule has 1 N–H and O–H groups in total. The molecule has 16 heavy (non-hydrogen) atoms. The van der Waals surface area contributed by atoms with Crippen LogP contribution in [0.4, 0.5) is 5.82 Å². The van der Waals surface area contributed by atoms with Crippen molar-refractivity contribution in [3.05, 3.63) is 18.2 Å². The quantitative estimate of drug-likeness (QED) is 0.808. The molecular weight excluding hydrogens is 206 g/mol. The molecule has 0 unspecified atom stereocenters. The molecule has 0 bridgehead atoms. The molecule has 88 valence electrons. The van der Waals surface area contributed by atoms with E-state index in [1.54, 1.807) is 31.2 Å². The zero-order valence-electron chi connectivity index (χ0n) is 9.86. The van der Waals surface area contributed by atoms with Gasteiger partial charge in [-0.1, -0.05) is 6.07 Å². The minimum Gasteiger partial charge on any atom is -0.481 e. The van der Waals surface area contributed by atoms with Gasteiger partial charge in [-0.3, -0.25) is 4.79 Å². The van der Waals surface area contributed by atoms with Crippen molar-refractivity contribution in [2.75, 3.05) is 32.6 Å². The van der Waals surface area contributed by atoms with Crippen LogP contribution in [-0.4, -0.2) is 43.0 Å². The highest BCUT2D eigenvalue weighted by Crippen LogP contribution is 2.10. The molecule has 0 spiro atoms. The van der Waals surface area contributed by atoms with Gasteiger partial charge in [-0.2, -0.15) is 4.98 Å². The average Bonchev–Trinajstić information content (AvgIpc) is 2.35. The molecular formula is C11H17N3O2. The number of rotatable bonds is 5. The van der Waals surface area contributed by atoms with Crippen LogP contribution in [0.5, 0.6) is 5.88 Å². The molecule has 5 nitrogen and oxygen atoms in total. The lowest BCUT2D eigenvalue weighted by Crippen LogP contribution is -2.32. The first-order chi connectivity index (χ1) is 7.67. The summed E-state index contributed by atoms with van der Waals surface area (Å²) in [7, 11) is 3.32. The summed E-state index contributed by atoms with van der Waals surface area (Å²) in [5.41, 5.74) is 0. The molecule has 0 aliphatic rings. The van der Waals surface area contributed by atoms with Crippen LogP contribution in [0, 0.1) is 0 Å². The lowest BCUT2D eigenvalue weighted by molar-refractivity contribution is -0.127. The van der Waals surface area contributed by atoms with E-state index in [0.717, 1.165) is 0 Å². The predicted octanol–water partition coefficient (Wildman–Crippen LogP) is 0.980. The molecule has 1 aromatic rings. The second-order valence-corrected chi connectivity index (χ2v) is 3.33. The number of pyridine rings is 1. The number of hydrogen-bond acceptors (Lipinski definition) is 4. The van der Waals surface area contributed by atoms with Gasteiger partial charge in [-0.15, -0.1) is 0 Å².